The zero-order valence-corrected chi connectivity index (χ0v) is 11.3. The molecule has 98 valence electrons. The van der Waals surface area contributed by atoms with E-state index >= 15 is 0 Å². The van der Waals surface area contributed by atoms with Crippen LogP contribution >= 0.6 is 0 Å². The van der Waals surface area contributed by atoms with Gasteiger partial charge in [-0.2, -0.15) is 0 Å². The number of nitrogens with one attached hydrogen (secondary N) is 2. The lowest BCUT2D eigenvalue weighted by Gasteiger charge is -2.10. The number of aliphatic imine (C=N–C) groups is 1. The number of hydrogen-bond acceptors (Lipinski definition) is 1. The molecular weight excluding hydrogens is 222 g/mol. The maximum atomic E-state index is 4.55. The minimum atomic E-state index is 0.708. The van der Waals surface area contributed by atoms with E-state index < -0.39 is 0 Å². The van der Waals surface area contributed by atoms with E-state index in [1.165, 1.54) is 5.56 Å². The van der Waals surface area contributed by atoms with Gasteiger partial charge in [-0.1, -0.05) is 42.5 Å². The van der Waals surface area contributed by atoms with Gasteiger partial charge in [0.05, 0.1) is 6.54 Å². The molecule has 0 atom stereocenters. The third-order valence-electron chi connectivity index (χ3n) is 2.45. The molecule has 0 aliphatic rings. The molecule has 0 radical (unpaired) electrons. The molecular formula is C15H23N3. The molecule has 0 aliphatic carbocycles. The second kappa shape index (κ2) is 9.28. The molecule has 0 saturated heterocycles. The predicted molar refractivity (Wildman–Crippen MR) is 78.7 cm³/mol. The smallest absolute Gasteiger partial charge is 0.191 e. The minimum Gasteiger partial charge on any atom is -0.357 e. The first kappa shape index (κ1) is 14.3. The average Bonchev–Trinajstić information content (AvgIpc) is 2.42. The van der Waals surface area contributed by atoms with Crippen LogP contribution in [0.2, 0.25) is 0 Å². The Morgan fingerprint density at radius 1 is 1.22 bits per heavy atom. The van der Waals surface area contributed by atoms with Crippen LogP contribution in [-0.2, 0) is 6.54 Å². The van der Waals surface area contributed by atoms with Crippen molar-refractivity contribution in [3.63, 3.8) is 0 Å². The second-order valence-corrected chi connectivity index (χ2v) is 3.97. The van der Waals surface area contributed by atoms with Gasteiger partial charge in [0.2, 0.25) is 0 Å². The molecule has 18 heavy (non-hydrogen) atoms. The molecule has 2 N–H and O–H groups in total. The number of benzene rings is 1. The Labute approximate surface area is 110 Å². The highest BCUT2D eigenvalue weighted by molar-refractivity contribution is 5.79. The molecule has 0 aromatic heterocycles. The van der Waals surface area contributed by atoms with Crippen molar-refractivity contribution < 1.29 is 0 Å². The lowest BCUT2D eigenvalue weighted by atomic mass is 10.2. The molecule has 3 nitrogen and oxygen atoms in total. The van der Waals surface area contributed by atoms with Crippen molar-refractivity contribution in [2.24, 2.45) is 4.99 Å². The summed E-state index contributed by atoms with van der Waals surface area (Å²) in [7, 11) is 0. The molecule has 0 unspecified atom stereocenters. The molecule has 0 spiro atoms. The summed E-state index contributed by atoms with van der Waals surface area (Å²) in [6.07, 6.45) is 5.23. The van der Waals surface area contributed by atoms with Crippen molar-refractivity contribution >= 4 is 5.96 Å². The number of hydrogen-bond donors (Lipinski definition) is 2. The third kappa shape index (κ3) is 6.09. The standard InChI is InChI=1S/C15H23N3/c1-3-5-9-12-17-15(16-4-2)18-13-14-10-7-6-8-11-14/h3,5-8,10-11H,4,9,12-13H2,1-2H3,(H2,16,17,18). The van der Waals surface area contributed by atoms with E-state index in [2.05, 4.69) is 46.8 Å². The Balaban J connectivity index is 2.44. The number of nitrogens with zero attached hydrogens (tertiary/aromatic N) is 1. The summed E-state index contributed by atoms with van der Waals surface area (Å²) in [6, 6.07) is 10.3. The summed E-state index contributed by atoms with van der Waals surface area (Å²) >= 11 is 0. The van der Waals surface area contributed by atoms with Crippen molar-refractivity contribution in [2.75, 3.05) is 13.1 Å². The van der Waals surface area contributed by atoms with Gasteiger partial charge in [0.1, 0.15) is 0 Å². The van der Waals surface area contributed by atoms with Gasteiger partial charge in [-0.15, -0.1) is 0 Å². The zero-order valence-electron chi connectivity index (χ0n) is 11.3. The molecule has 1 aromatic rings. The normalized spacial score (nSPS) is 11.8. The van der Waals surface area contributed by atoms with Crippen molar-refractivity contribution in [1.82, 2.24) is 10.6 Å². The predicted octanol–water partition coefficient (Wildman–Crippen LogP) is 2.71. The molecule has 0 aliphatic heterocycles. The minimum absolute atomic E-state index is 0.708. The number of guanidine groups is 1. The summed E-state index contributed by atoms with van der Waals surface area (Å²) in [4.78, 5) is 4.55. The fourth-order valence-electron chi connectivity index (χ4n) is 1.54. The zero-order chi connectivity index (χ0) is 13.1. The molecule has 0 heterocycles. The van der Waals surface area contributed by atoms with Crippen molar-refractivity contribution in [1.29, 1.82) is 0 Å². The van der Waals surface area contributed by atoms with Crippen LogP contribution in [0.1, 0.15) is 25.8 Å². The van der Waals surface area contributed by atoms with Gasteiger partial charge in [-0.3, -0.25) is 0 Å². The quantitative estimate of drug-likeness (QED) is 0.350. The van der Waals surface area contributed by atoms with Gasteiger partial charge in [0.25, 0.3) is 0 Å². The average molecular weight is 245 g/mol. The topological polar surface area (TPSA) is 36.4 Å². The Bertz CT molecular complexity index is 369. The molecule has 1 rings (SSSR count). The van der Waals surface area contributed by atoms with E-state index in [0.717, 1.165) is 25.5 Å². The Hall–Kier alpha value is -1.77. The van der Waals surface area contributed by atoms with Crippen LogP contribution in [0, 0.1) is 0 Å². The van der Waals surface area contributed by atoms with Gasteiger partial charge in [-0.25, -0.2) is 4.99 Å². The van der Waals surface area contributed by atoms with Crippen LogP contribution in [0.3, 0.4) is 0 Å². The summed E-state index contributed by atoms with van der Waals surface area (Å²) < 4.78 is 0. The Kier molecular flexibility index (Phi) is 7.37. The molecule has 3 heteroatoms. The van der Waals surface area contributed by atoms with Gasteiger partial charge in [-0.05, 0) is 25.8 Å². The van der Waals surface area contributed by atoms with Crippen LogP contribution in [-0.4, -0.2) is 19.0 Å². The van der Waals surface area contributed by atoms with E-state index in [-0.39, 0.29) is 0 Å². The SMILES string of the molecule is CC=CCCNC(=NCc1ccccc1)NCC. The van der Waals surface area contributed by atoms with Crippen molar-refractivity contribution in [3.8, 4) is 0 Å². The van der Waals surface area contributed by atoms with Gasteiger partial charge in [0.15, 0.2) is 5.96 Å². The molecule has 0 amide bonds. The van der Waals surface area contributed by atoms with Crippen LogP contribution < -0.4 is 10.6 Å². The van der Waals surface area contributed by atoms with Crippen molar-refractivity contribution in [2.45, 2.75) is 26.8 Å². The first-order chi connectivity index (χ1) is 8.86. The molecule has 0 fully saturated rings. The van der Waals surface area contributed by atoms with Crippen LogP contribution in [0.4, 0.5) is 0 Å². The summed E-state index contributed by atoms with van der Waals surface area (Å²) in [6.45, 7) is 6.61. The Morgan fingerprint density at radius 2 is 2.00 bits per heavy atom. The monoisotopic (exact) mass is 245 g/mol. The summed E-state index contributed by atoms with van der Waals surface area (Å²) in [5.74, 6) is 0.880. The summed E-state index contributed by atoms with van der Waals surface area (Å²) in [5, 5.41) is 6.56. The number of allylic oxidation sites excluding steroid dienone is 1. The van der Waals surface area contributed by atoms with Gasteiger partial charge in [0, 0.05) is 13.1 Å². The highest BCUT2D eigenvalue weighted by Crippen LogP contribution is 1.99. The van der Waals surface area contributed by atoms with E-state index in [1.807, 2.05) is 25.1 Å². The van der Waals surface area contributed by atoms with Gasteiger partial charge >= 0.3 is 0 Å². The van der Waals surface area contributed by atoms with E-state index in [0.29, 0.717) is 6.54 Å². The highest BCUT2D eigenvalue weighted by Gasteiger charge is 1.95. The largest absolute Gasteiger partial charge is 0.357 e. The van der Waals surface area contributed by atoms with E-state index in [4.69, 9.17) is 0 Å². The third-order valence-corrected chi connectivity index (χ3v) is 2.45. The van der Waals surface area contributed by atoms with Crippen LogP contribution in [0.15, 0.2) is 47.5 Å². The van der Waals surface area contributed by atoms with Crippen molar-refractivity contribution in [3.05, 3.63) is 48.0 Å². The van der Waals surface area contributed by atoms with Crippen LogP contribution in [0.5, 0.6) is 0 Å². The molecule has 0 saturated carbocycles. The van der Waals surface area contributed by atoms with Crippen LogP contribution in [0.25, 0.3) is 0 Å². The fourth-order valence-corrected chi connectivity index (χ4v) is 1.54. The maximum absolute atomic E-state index is 4.55. The first-order valence-electron chi connectivity index (χ1n) is 6.54. The highest BCUT2D eigenvalue weighted by atomic mass is 15.2. The lowest BCUT2D eigenvalue weighted by Crippen LogP contribution is -2.37. The second-order valence-electron chi connectivity index (χ2n) is 3.97. The number of rotatable bonds is 6. The van der Waals surface area contributed by atoms with E-state index in [1.54, 1.807) is 0 Å². The Morgan fingerprint density at radius 3 is 2.67 bits per heavy atom. The first-order valence-corrected chi connectivity index (χ1v) is 6.54. The summed E-state index contributed by atoms with van der Waals surface area (Å²) in [5.41, 5.74) is 1.23. The molecule has 0 bridgehead atoms. The maximum Gasteiger partial charge on any atom is 0.191 e. The van der Waals surface area contributed by atoms with Gasteiger partial charge < -0.3 is 10.6 Å². The fraction of sp³-hybridized carbons (Fsp3) is 0.400. The van der Waals surface area contributed by atoms with E-state index in [9.17, 15) is 0 Å². The lowest BCUT2D eigenvalue weighted by molar-refractivity contribution is 0.810. The molecule has 1 aromatic carbocycles.